The summed E-state index contributed by atoms with van der Waals surface area (Å²) in [5, 5.41) is 13.3. The first-order valence-electron chi connectivity index (χ1n) is 5.58. The lowest BCUT2D eigenvalue weighted by molar-refractivity contribution is -0.387. The number of halogens is 3. The Morgan fingerprint density at radius 3 is 2.57 bits per heavy atom. The summed E-state index contributed by atoms with van der Waals surface area (Å²) in [7, 11) is 0. The minimum atomic E-state index is -1.02. The van der Waals surface area contributed by atoms with Gasteiger partial charge < -0.3 is 5.32 Å². The molecule has 0 aliphatic carbocycles. The van der Waals surface area contributed by atoms with Crippen molar-refractivity contribution >= 4 is 44.8 Å². The van der Waals surface area contributed by atoms with Crippen LogP contribution in [0.25, 0.3) is 0 Å². The van der Waals surface area contributed by atoms with Crippen molar-refractivity contribution in [1.29, 1.82) is 0 Å². The number of hydrogen-bond acceptors (Lipinski definition) is 3. The Labute approximate surface area is 132 Å². The molecule has 21 heavy (non-hydrogen) atoms. The summed E-state index contributed by atoms with van der Waals surface area (Å²) in [6.07, 6.45) is 0. The van der Waals surface area contributed by atoms with E-state index in [1.54, 1.807) is 12.1 Å². The second kappa shape index (κ2) is 6.19. The monoisotopic (exact) mass is 372 g/mol. The molecule has 0 spiro atoms. The summed E-state index contributed by atoms with van der Waals surface area (Å²) in [4.78, 5) is 21.7. The Morgan fingerprint density at radius 2 is 2.00 bits per heavy atom. The Balaban J connectivity index is 2.23. The predicted molar refractivity (Wildman–Crippen MR) is 80.2 cm³/mol. The van der Waals surface area contributed by atoms with Crippen LogP contribution in [-0.4, -0.2) is 10.8 Å². The highest BCUT2D eigenvalue weighted by Crippen LogP contribution is 2.23. The Morgan fingerprint density at radius 1 is 1.29 bits per heavy atom. The van der Waals surface area contributed by atoms with Crippen molar-refractivity contribution in [1.82, 2.24) is 0 Å². The smallest absolute Gasteiger partial charge is 0.304 e. The maximum Gasteiger partial charge on any atom is 0.304 e. The Kier molecular flexibility index (Phi) is 4.54. The molecule has 0 aromatic heterocycles. The first-order valence-corrected chi connectivity index (χ1v) is 6.75. The van der Waals surface area contributed by atoms with Crippen molar-refractivity contribution in [3.05, 3.63) is 67.4 Å². The molecule has 1 N–H and O–H groups in total. The minimum Gasteiger partial charge on any atom is -0.322 e. The molecule has 2 rings (SSSR count). The molecule has 2 aromatic carbocycles. The lowest BCUT2D eigenvalue weighted by Gasteiger charge is -2.06. The highest BCUT2D eigenvalue weighted by Gasteiger charge is 2.15. The van der Waals surface area contributed by atoms with E-state index in [-0.39, 0.29) is 11.3 Å². The fourth-order valence-electron chi connectivity index (χ4n) is 1.62. The van der Waals surface area contributed by atoms with Gasteiger partial charge in [-0.05, 0) is 24.3 Å². The van der Waals surface area contributed by atoms with Gasteiger partial charge in [-0.15, -0.1) is 0 Å². The molecule has 1 amide bonds. The van der Waals surface area contributed by atoms with E-state index in [0.717, 1.165) is 12.1 Å². The maximum absolute atomic E-state index is 13.5. The number of nitrogens with one attached hydrogen (secondary N) is 1. The van der Waals surface area contributed by atoms with Crippen molar-refractivity contribution in [3.63, 3.8) is 0 Å². The van der Waals surface area contributed by atoms with E-state index in [0.29, 0.717) is 9.50 Å². The Hall–Kier alpha value is -1.99. The summed E-state index contributed by atoms with van der Waals surface area (Å²) in [6.45, 7) is 0. The van der Waals surface area contributed by atoms with Gasteiger partial charge in [0.15, 0.2) is 0 Å². The Bertz CT molecular complexity index is 719. The van der Waals surface area contributed by atoms with Crippen LogP contribution in [0.5, 0.6) is 0 Å². The topological polar surface area (TPSA) is 72.2 Å². The molecule has 0 saturated heterocycles. The third kappa shape index (κ3) is 3.77. The van der Waals surface area contributed by atoms with Crippen LogP contribution in [0.1, 0.15) is 10.4 Å². The zero-order chi connectivity index (χ0) is 15.6. The van der Waals surface area contributed by atoms with E-state index >= 15 is 0 Å². The van der Waals surface area contributed by atoms with Crippen molar-refractivity contribution in [2.45, 2.75) is 0 Å². The number of nitro benzene ring substituents is 1. The number of anilines is 1. The number of amides is 1. The fourth-order valence-corrected chi connectivity index (χ4v) is 2.48. The van der Waals surface area contributed by atoms with Crippen LogP contribution in [0, 0.1) is 15.9 Å². The summed E-state index contributed by atoms with van der Waals surface area (Å²) in [5.41, 5.74) is -0.272. The number of hydrogen-bond donors (Lipinski definition) is 1. The SMILES string of the molecule is O=C(Nc1ccc([N+](=O)[O-])c(F)c1)c1cc(Cl)cc(Br)c1. The molecule has 0 saturated carbocycles. The standard InChI is InChI=1S/C13H7BrClFN2O3/c14-8-3-7(4-9(15)5-8)13(19)17-10-1-2-12(18(20)21)11(16)6-10/h1-6H,(H,17,19). The number of benzene rings is 2. The number of rotatable bonds is 3. The van der Waals surface area contributed by atoms with Gasteiger partial charge in [-0.3, -0.25) is 14.9 Å². The zero-order valence-electron chi connectivity index (χ0n) is 10.3. The maximum atomic E-state index is 13.5. The molecular formula is C13H7BrClFN2O3. The molecule has 8 heteroatoms. The van der Waals surface area contributed by atoms with Crippen molar-refractivity contribution in [2.75, 3.05) is 5.32 Å². The second-order valence-electron chi connectivity index (χ2n) is 4.04. The molecule has 5 nitrogen and oxygen atoms in total. The van der Waals surface area contributed by atoms with Gasteiger partial charge in [0.1, 0.15) is 0 Å². The first-order chi connectivity index (χ1) is 9.86. The van der Waals surface area contributed by atoms with Crippen molar-refractivity contribution < 1.29 is 14.1 Å². The zero-order valence-corrected chi connectivity index (χ0v) is 12.6. The normalized spacial score (nSPS) is 10.2. The average molecular weight is 374 g/mol. The second-order valence-corrected chi connectivity index (χ2v) is 5.39. The van der Waals surface area contributed by atoms with Crippen LogP contribution in [-0.2, 0) is 0 Å². The van der Waals surface area contributed by atoms with Gasteiger partial charge in [0.2, 0.25) is 5.82 Å². The van der Waals surface area contributed by atoms with E-state index in [2.05, 4.69) is 21.2 Å². The number of carbonyl (C=O) groups excluding carboxylic acids is 1. The van der Waals surface area contributed by atoms with E-state index in [1.807, 2.05) is 0 Å². The third-order valence-corrected chi connectivity index (χ3v) is 3.20. The molecule has 0 radical (unpaired) electrons. The largest absolute Gasteiger partial charge is 0.322 e. The van der Waals surface area contributed by atoms with Crippen LogP contribution >= 0.6 is 27.5 Å². The predicted octanol–water partition coefficient (Wildman–Crippen LogP) is 4.40. The van der Waals surface area contributed by atoms with Gasteiger partial charge >= 0.3 is 5.69 Å². The molecular weight excluding hydrogens is 367 g/mol. The van der Waals surface area contributed by atoms with E-state index in [9.17, 15) is 19.3 Å². The minimum absolute atomic E-state index is 0.110. The molecule has 0 aliphatic rings. The van der Waals surface area contributed by atoms with E-state index in [1.165, 1.54) is 12.1 Å². The first kappa shape index (κ1) is 15.4. The van der Waals surface area contributed by atoms with Crippen LogP contribution in [0.15, 0.2) is 40.9 Å². The molecule has 2 aromatic rings. The molecule has 108 valence electrons. The van der Waals surface area contributed by atoms with Crippen molar-refractivity contribution in [2.24, 2.45) is 0 Å². The number of carbonyl (C=O) groups is 1. The van der Waals surface area contributed by atoms with E-state index < -0.39 is 22.3 Å². The van der Waals surface area contributed by atoms with E-state index in [4.69, 9.17) is 11.6 Å². The molecule has 0 fully saturated rings. The average Bonchev–Trinajstić information content (AvgIpc) is 2.37. The number of nitro groups is 1. The highest BCUT2D eigenvalue weighted by atomic mass is 79.9. The number of nitrogens with zero attached hydrogens (tertiary/aromatic N) is 1. The van der Waals surface area contributed by atoms with Gasteiger partial charge in [0, 0.05) is 32.9 Å². The summed E-state index contributed by atoms with van der Waals surface area (Å²) in [6, 6.07) is 7.73. The van der Waals surface area contributed by atoms with Gasteiger partial charge in [-0.1, -0.05) is 27.5 Å². The lowest BCUT2D eigenvalue weighted by Crippen LogP contribution is -2.12. The van der Waals surface area contributed by atoms with Crippen molar-refractivity contribution in [3.8, 4) is 0 Å². The van der Waals surface area contributed by atoms with Crippen LogP contribution in [0.3, 0.4) is 0 Å². The molecule has 0 atom stereocenters. The summed E-state index contributed by atoms with van der Waals surface area (Å²) < 4.78 is 14.1. The summed E-state index contributed by atoms with van der Waals surface area (Å²) >= 11 is 9.04. The van der Waals surface area contributed by atoms with Crippen LogP contribution in [0.4, 0.5) is 15.8 Å². The highest BCUT2D eigenvalue weighted by molar-refractivity contribution is 9.10. The molecule has 0 unspecified atom stereocenters. The van der Waals surface area contributed by atoms with Gasteiger partial charge in [0.05, 0.1) is 4.92 Å². The van der Waals surface area contributed by atoms with Gasteiger partial charge in [0.25, 0.3) is 5.91 Å². The van der Waals surface area contributed by atoms with Crippen LogP contribution < -0.4 is 5.32 Å². The van der Waals surface area contributed by atoms with Gasteiger partial charge in [-0.25, -0.2) is 0 Å². The summed E-state index contributed by atoms with van der Waals surface area (Å²) in [5.74, 6) is -1.53. The van der Waals surface area contributed by atoms with Gasteiger partial charge in [-0.2, -0.15) is 4.39 Å². The quantitative estimate of drug-likeness (QED) is 0.640. The fraction of sp³-hybridized carbons (Fsp3) is 0. The molecule has 0 aliphatic heterocycles. The third-order valence-electron chi connectivity index (χ3n) is 2.53. The molecule has 0 heterocycles. The lowest BCUT2D eigenvalue weighted by atomic mass is 10.2. The van der Waals surface area contributed by atoms with Crippen LogP contribution in [0.2, 0.25) is 5.02 Å². The molecule has 0 bridgehead atoms.